The fourth-order valence-corrected chi connectivity index (χ4v) is 3.61. The Morgan fingerprint density at radius 3 is 2.79 bits per heavy atom. The lowest BCUT2D eigenvalue weighted by molar-refractivity contribution is 0.597. The second-order valence-electron chi connectivity index (χ2n) is 4.34. The van der Waals surface area contributed by atoms with E-state index in [1.165, 1.54) is 11.8 Å². The summed E-state index contributed by atoms with van der Waals surface area (Å²) in [6.45, 7) is 1.21. The predicted octanol–water partition coefficient (Wildman–Crippen LogP) is 0.865. The predicted molar refractivity (Wildman–Crippen MR) is 78.8 cm³/mol. The smallest absolute Gasteiger partial charge is 0.191 e. The maximum atomic E-state index is 11.6. The quantitative estimate of drug-likeness (QED) is 0.655. The van der Waals surface area contributed by atoms with Gasteiger partial charge in [0.05, 0.1) is 11.5 Å². The van der Waals surface area contributed by atoms with Crippen molar-refractivity contribution in [3.05, 3.63) is 6.07 Å². The highest BCUT2D eigenvalue weighted by Crippen LogP contribution is 2.21. The molecule has 6 nitrogen and oxygen atoms in total. The van der Waals surface area contributed by atoms with Gasteiger partial charge in [0.2, 0.25) is 0 Å². The van der Waals surface area contributed by atoms with Crippen LogP contribution in [-0.4, -0.2) is 56.3 Å². The molecule has 0 unspecified atom stereocenters. The Kier molecular flexibility index (Phi) is 4.51. The molecule has 1 N–H and O–H groups in total. The van der Waals surface area contributed by atoms with Gasteiger partial charge in [-0.3, -0.25) is 0 Å². The van der Waals surface area contributed by atoms with Crippen LogP contribution in [0.3, 0.4) is 0 Å². The number of thioether (sulfide) groups is 1. The fraction of sp³-hybridized carbons (Fsp3) is 0.636. The zero-order valence-electron chi connectivity index (χ0n) is 11.1. The number of rotatable bonds is 3. The lowest BCUT2D eigenvalue weighted by atomic mass is 10.4. The van der Waals surface area contributed by atoms with Crippen LogP contribution in [0.2, 0.25) is 0 Å². The van der Waals surface area contributed by atoms with Crippen LogP contribution < -0.4 is 10.2 Å². The summed E-state index contributed by atoms with van der Waals surface area (Å²) in [5, 5.41) is 3.69. The van der Waals surface area contributed by atoms with Gasteiger partial charge >= 0.3 is 0 Å². The third-order valence-corrected chi connectivity index (χ3v) is 5.27. The molecule has 0 aliphatic carbocycles. The minimum Gasteiger partial charge on any atom is -0.373 e. The van der Waals surface area contributed by atoms with Crippen molar-refractivity contribution >= 4 is 33.2 Å². The Hall–Kier alpha value is -1.02. The average molecular weight is 302 g/mol. The number of sulfone groups is 1. The number of aromatic nitrogens is 2. The van der Waals surface area contributed by atoms with E-state index >= 15 is 0 Å². The molecule has 0 spiro atoms. The van der Waals surface area contributed by atoms with Gasteiger partial charge in [-0.2, -0.15) is 0 Å². The van der Waals surface area contributed by atoms with Gasteiger partial charge in [-0.1, -0.05) is 11.8 Å². The van der Waals surface area contributed by atoms with Crippen molar-refractivity contribution in [2.24, 2.45) is 0 Å². The minimum atomic E-state index is -2.90. The zero-order chi connectivity index (χ0) is 13.9. The van der Waals surface area contributed by atoms with Gasteiger partial charge < -0.3 is 10.2 Å². The summed E-state index contributed by atoms with van der Waals surface area (Å²) in [5.41, 5.74) is 0. The van der Waals surface area contributed by atoms with E-state index in [4.69, 9.17) is 0 Å². The van der Waals surface area contributed by atoms with E-state index in [9.17, 15) is 8.42 Å². The topological polar surface area (TPSA) is 75.2 Å². The highest BCUT2D eigenvalue weighted by atomic mass is 32.2. The van der Waals surface area contributed by atoms with Gasteiger partial charge in [0, 0.05) is 26.2 Å². The first-order valence-electron chi connectivity index (χ1n) is 6.10. The Morgan fingerprint density at radius 1 is 1.32 bits per heavy atom. The molecule has 0 atom stereocenters. The van der Waals surface area contributed by atoms with Crippen LogP contribution in [0.15, 0.2) is 11.2 Å². The molecule has 1 aromatic rings. The summed E-state index contributed by atoms with van der Waals surface area (Å²) < 4.78 is 23.2. The van der Waals surface area contributed by atoms with E-state index in [2.05, 4.69) is 15.3 Å². The Labute approximate surface area is 117 Å². The third-order valence-electron chi connectivity index (χ3n) is 3.01. The van der Waals surface area contributed by atoms with E-state index in [-0.39, 0.29) is 11.5 Å². The molecular weight excluding hydrogens is 284 g/mol. The van der Waals surface area contributed by atoms with Crippen molar-refractivity contribution in [1.82, 2.24) is 9.97 Å². The van der Waals surface area contributed by atoms with Gasteiger partial charge in [0.1, 0.15) is 11.6 Å². The highest BCUT2D eigenvalue weighted by molar-refractivity contribution is 7.98. The SMILES string of the molecule is CNc1cc(N2CCCS(=O)(=O)CC2)nc(SC)n1. The van der Waals surface area contributed by atoms with Crippen LogP contribution in [0.4, 0.5) is 11.6 Å². The maximum absolute atomic E-state index is 11.6. The Morgan fingerprint density at radius 2 is 2.11 bits per heavy atom. The summed E-state index contributed by atoms with van der Waals surface area (Å²) in [4.78, 5) is 10.8. The monoisotopic (exact) mass is 302 g/mol. The molecule has 2 rings (SSSR count). The van der Waals surface area contributed by atoms with Crippen molar-refractivity contribution in [1.29, 1.82) is 0 Å². The van der Waals surface area contributed by atoms with Gasteiger partial charge in [-0.15, -0.1) is 0 Å². The molecule has 8 heteroatoms. The van der Waals surface area contributed by atoms with E-state index in [1.807, 2.05) is 24.3 Å². The summed E-state index contributed by atoms with van der Waals surface area (Å²) in [7, 11) is -1.09. The molecule has 19 heavy (non-hydrogen) atoms. The van der Waals surface area contributed by atoms with Gasteiger partial charge in [0.15, 0.2) is 15.0 Å². The first kappa shape index (κ1) is 14.4. The zero-order valence-corrected chi connectivity index (χ0v) is 12.7. The number of nitrogens with zero attached hydrogens (tertiary/aromatic N) is 3. The summed E-state index contributed by atoms with van der Waals surface area (Å²) in [6.07, 6.45) is 2.57. The maximum Gasteiger partial charge on any atom is 0.191 e. The fourth-order valence-electron chi connectivity index (χ4n) is 1.96. The Bertz CT molecular complexity index is 525. The highest BCUT2D eigenvalue weighted by Gasteiger charge is 2.20. The molecule has 0 amide bonds. The van der Waals surface area contributed by atoms with Crippen molar-refractivity contribution in [2.75, 3.05) is 48.1 Å². The molecule has 0 aromatic carbocycles. The molecule has 0 bridgehead atoms. The minimum absolute atomic E-state index is 0.195. The molecule has 0 radical (unpaired) electrons. The molecule has 2 heterocycles. The molecule has 1 fully saturated rings. The number of hydrogen-bond donors (Lipinski definition) is 1. The normalized spacial score (nSPS) is 18.9. The summed E-state index contributed by atoms with van der Waals surface area (Å²) >= 11 is 1.47. The second kappa shape index (κ2) is 5.96. The van der Waals surface area contributed by atoms with E-state index in [1.54, 1.807) is 0 Å². The van der Waals surface area contributed by atoms with Crippen LogP contribution in [0.5, 0.6) is 0 Å². The van der Waals surface area contributed by atoms with Crippen LogP contribution in [0.25, 0.3) is 0 Å². The molecule has 1 aliphatic heterocycles. The van der Waals surface area contributed by atoms with Gasteiger partial charge in [0.25, 0.3) is 0 Å². The van der Waals surface area contributed by atoms with Crippen LogP contribution in [0.1, 0.15) is 6.42 Å². The van der Waals surface area contributed by atoms with Crippen molar-refractivity contribution in [3.63, 3.8) is 0 Å². The molecule has 1 aromatic heterocycles. The van der Waals surface area contributed by atoms with E-state index in [0.29, 0.717) is 24.7 Å². The van der Waals surface area contributed by atoms with Gasteiger partial charge in [-0.25, -0.2) is 18.4 Å². The van der Waals surface area contributed by atoms with Crippen LogP contribution in [0, 0.1) is 0 Å². The second-order valence-corrected chi connectivity index (χ2v) is 7.42. The van der Waals surface area contributed by atoms with Crippen LogP contribution >= 0.6 is 11.8 Å². The molecule has 0 saturated carbocycles. The van der Waals surface area contributed by atoms with Gasteiger partial charge in [-0.05, 0) is 12.7 Å². The molecule has 106 valence electrons. The molecule has 1 saturated heterocycles. The Balaban J connectivity index is 2.25. The standard InChI is InChI=1S/C11H18N4O2S2/c1-12-9-8-10(14-11(13-9)18-2)15-4-3-6-19(16,17)7-5-15/h8H,3-7H2,1-2H3,(H,12,13,14). The summed E-state index contributed by atoms with van der Waals surface area (Å²) in [6, 6.07) is 1.86. The third kappa shape index (κ3) is 3.73. The largest absolute Gasteiger partial charge is 0.373 e. The average Bonchev–Trinajstić information content (AvgIpc) is 2.59. The summed E-state index contributed by atoms with van der Waals surface area (Å²) in [5.74, 6) is 2.01. The lowest BCUT2D eigenvalue weighted by Crippen LogP contribution is -2.27. The van der Waals surface area contributed by atoms with Crippen molar-refractivity contribution in [3.8, 4) is 0 Å². The first-order valence-corrected chi connectivity index (χ1v) is 9.15. The number of nitrogens with one attached hydrogen (secondary N) is 1. The molecule has 1 aliphatic rings. The van der Waals surface area contributed by atoms with E-state index in [0.717, 1.165) is 11.6 Å². The first-order chi connectivity index (χ1) is 9.04. The van der Waals surface area contributed by atoms with E-state index < -0.39 is 9.84 Å². The lowest BCUT2D eigenvalue weighted by Gasteiger charge is -2.21. The number of hydrogen-bond acceptors (Lipinski definition) is 7. The van der Waals surface area contributed by atoms with Crippen molar-refractivity contribution in [2.45, 2.75) is 11.6 Å². The molecular formula is C11H18N4O2S2. The van der Waals surface area contributed by atoms with Crippen molar-refractivity contribution < 1.29 is 8.42 Å². The number of anilines is 2. The van der Waals surface area contributed by atoms with Crippen LogP contribution in [-0.2, 0) is 9.84 Å².